The van der Waals surface area contributed by atoms with Gasteiger partial charge in [0.2, 0.25) is 10.0 Å². The fraction of sp³-hybridized carbons (Fsp3) is 0.294. The Hall–Kier alpha value is -1.01. The second-order valence-electron chi connectivity index (χ2n) is 5.63. The highest BCUT2D eigenvalue weighted by molar-refractivity contribution is 8.01. The SMILES string of the molecule is Cc1ccc(S(=O)(=O)N2CCSC2c2ccccc2Cl)c(C)c1. The molecule has 122 valence electrons. The minimum atomic E-state index is -3.55. The zero-order valence-electron chi connectivity index (χ0n) is 13.0. The van der Waals surface area contributed by atoms with E-state index in [9.17, 15) is 8.42 Å². The molecule has 0 N–H and O–H groups in total. The van der Waals surface area contributed by atoms with E-state index in [2.05, 4.69) is 0 Å². The lowest BCUT2D eigenvalue weighted by atomic mass is 10.2. The molecule has 0 bridgehead atoms. The lowest BCUT2D eigenvalue weighted by Crippen LogP contribution is -2.31. The highest BCUT2D eigenvalue weighted by atomic mass is 35.5. The minimum absolute atomic E-state index is 0.269. The van der Waals surface area contributed by atoms with Crippen molar-refractivity contribution in [1.29, 1.82) is 0 Å². The number of halogens is 1. The number of hydrogen-bond donors (Lipinski definition) is 0. The molecule has 0 amide bonds. The molecule has 2 aromatic carbocycles. The summed E-state index contributed by atoms with van der Waals surface area (Å²) in [4.78, 5) is 0.377. The van der Waals surface area contributed by atoms with E-state index < -0.39 is 10.0 Å². The molecule has 1 unspecified atom stereocenters. The van der Waals surface area contributed by atoms with Crippen LogP contribution in [-0.4, -0.2) is 25.0 Å². The molecule has 0 radical (unpaired) electrons. The van der Waals surface area contributed by atoms with Gasteiger partial charge >= 0.3 is 0 Å². The van der Waals surface area contributed by atoms with E-state index in [-0.39, 0.29) is 5.37 Å². The second-order valence-corrected chi connectivity index (χ2v) is 9.08. The highest BCUT2D eigenvalue weighted by Gasteiger charge is 2.38. The molecule has 3 nitrogen and oxygen atoms in total. The first-order valence-corrected chi connectivity index (χ1v) is 10.2. The molecule has 0 aliphatic carbocycles. The largest absolute Gasteiger partial charge is 0.244 e. The first-order chi connectivity index (χ1) is 10.9. The van der Waals surface area contributed by atoms with Gasteiger partial charge in [-0.2, -0.15) is 4.31 Å². The maximum atomic E-state index is 13.1. The Labute approximate surface area is 146 Å². The molecule has 2 aromatic rings. The Kier molecular flexibility index (Phi) is 4.74. The van der Waals surface area contributed by atoms with E-state index >= 15 is 0 Å². The Morgan fingerprint density at radius 1 is 1.17 bits per heavy atom. The van der Waals surface area contributed by atoms with Crippen molar-refractivity contribution in [2.75, 3.05) is 12.3 Å². The summed E-state index contributed by atoms with van der Waals surface area (Å²) in [5.74, 6) is 0.764. The van der Waals surface area contributed by atoms with Crippen LogP contribution < -0.4 is 0 Å². The normalized spacial score (nSPS) is 19.2. The van der Waals surface area contributed by atoms with E-state index in [0.717, 1.165) is 22.4 Å². The maximum absolute atomic E-state index is 13.1. The fourth-order valence-electron chi connectivity index (χ4n) is 2.84. The van der Waals surface area contributed by atoms with Crippen LogP contribution in [0.3, 0.4) is 0 Å². The number of hydrogen-bond acceptors (Lipinski definition) is 3. The molecular weight excluding hydrogens is 350 g/mol. The van der Waals surface area contributed by atoms with Crippen LogP contribution in [0.5, 0.6) is 0 Å². The van der Waals surface area contributed by atoms with Crippen LogP contribution in [0.15, 0.2) is 47.4 Å². The summed E-state index contributed by atoms with van der Waals surface area (Å²) >= 11 is 7.89. The Morgan fingerprint density at radius 3 is 2.61 bits per heavy atom. The van der Waals surface area contributed by atoms with Gasteiger partial charge in [-0.05, 0) is 37.1 Å². The number of sulfonamides is 1. The zero-order chi connectivity index (χ0) is 16.6. The molecule has 0 spiro atoms. The lowest BCUT2D eigenvalue weighted by Gasteiger charge is -2.25. The number of benzene rings is 2. The third kappa shape index (κ3) is 3.15. The standard InChI is InChI=1S/C17H18ClNO2S2/c1-12-7-8-16(13(2)11-12)23(20,21)19-9-10-22-17(19)14-5-3-4-6-15(14)18/h3-8,11,17H,9-10H2,1-2H3. The predicted octanol–water partition coefficient (Wildman–Crippen LogP) is 4.39. The molecule has 3 rings (SSSR count). The summed E-state index contributed by atoms with van der Waals surface area (Å²) in [5.41, 5.74) is 2.68. The van der Waals surface area contributed by atoms with E-state index in [1.807, 2.05) is 44.2 Å². The van der Waals surface area contributed by atoms with Gasteiger partial charge in [0.05, 0.1) is 10.3 Å². The first-order valence-electron chi connectivity index (χ1n) is 7.36. The summed E-state index contributed by atoms with van der Waals surface area (Å²) < 4.78 is 27.8. The van der Waals surface area contributed by atoms with Crippen LogP contribution in [0.4, 0.5) is 0 Å². The van der Waals surface area contributed by atoms with Gasteiger partial charge in [0, 0.05) is 17.3 Å². The van der Waals surface area contributed by atoms with Crippen molar-refractivity contribution >= 4 is 33.4 Å². The van der Waals surface area contributed by atoms with Crippen LogP contribution >= 0.6 is 23.4 Å². The van der Waals surface area contributed by atoms with Crippen LogP contribution in [0, 0.1) is 13.8 Å². The third-order valence-electron chi connectivity index (χ3n) is 3.94. The first kappa shape index (κ1) is 16.8. The van der Waals surface area contributed by atoms with Crippen molar-refractivity contribution < 1.29 is 8.42 Å². The van der Waals surface area contributed by atoms with Gasteiger partial charge in [0.15, 0.2) is 0 Å². The minimum Gasteiger partial charge on any atom is -0.207 e. The number of rotatable bonds is 3. The van der Waals surface area contributed by atoms with Crippen LogP contribution in [0.1, 0.15) is 22.1 Å². The summed E-state index contributed by atoms with van der Waals surface area (Å²) in [5, 5.41) is 0.335. The molecule has 1 atom stereocenters. The van der Waals surface area contributed by atoms with Gasteiger partial charge in [0.1, 0.15) is 0 Å². The summed E-state index contributed by atoms with van der Waals surface area (Å²) in [6.45, 7) is 4.30. The molecular formula is C17H18ClNO2S2. The van der Waals surface area contributed by atoms with Crippen molar-refractivity contribution in [2.45, 2.75) is 24.1 Å². The van der Waals surface area contributed by atoms with Crippen molar-refractivity contribution in [2.24, 2.45) is 0 Å². The highest BCUT2D eigenvalue weighted by Crippen LogP contribution is 2.43. The van der Waals surface area contributed by atoms with Gasteiger partial charge in [-0.25, -0.2) is 8.42 Å². The summed E-state index contributed by atoms with van der Waals surface area (Å²) in [7, 11) is -3.55. The number of aryl methyl sites for hydroxylation is 2. The predicted molar refractivity (Wildman–Crippen MR) is 96.5 cm³/mol. The van der Waals surface area contributed by atoms with Gasteiger partial charge in [0.25, 0.3) is 0 Å². The quantitative estimate of drug-likeness (QED) is 0.807. The second kappa shape index (κ2) is 6.48. The molecule has 1 fully saturated rings. The van der Waals surface area contributed by atoms with Gasteiger partial charge in [-0.15, -0.1) is 11.8 Å². The van der Waals surface area contributed by atoms with E-state index in [4.69, 9.17) is 11.6 Å². The van der Waals surface area contributed by atoms with Gasteiger partial charge in [-0.1, -0.05) is 47.5 Å². The monoisotopic (exact) mass is 367 g/mol. The number of thioether (sulfide) groups is 1. The summed E-state index contributed by atoms with van der Waals surface area (Å²) in [6.07, 6.45) is 0. The van der Waals surface area contributed by atoms with Crippen molar-refractivity contribution in [1.82, 2.24) is 4.31 Å². The van der Waals surface area contributed by atoms with Crippen LogP contribution in [-0.2, 0) is 10.0 Å². The van der Waals surface area contributed by atoms with Gasteiger partial charge in [-0.3, -0.25) is 0 Å². The number of nitrogens with zero attached hydrogens (tertiary/aromatic N) is 1. The fourth-order valence-corrected chi connectivity index (χ4v) is 6.62. The van der Waals surface area contributed by atoms with Gasteiger partial charge < -0.3 is 0 Å². The van der Waals surface area contributed by atoms with Crippen LogP contribution in [0.2, 0.25) is 5.02 Å². The molecule has 1 heterocycles. The molecule has 0 saturated carbocycles. The summed E-state index contributed by atoms with van der Waals surface area (Å²) in [6, 6.07) is 12.9. The van der Waals surface area contributed by atoms with E-state index in [1.165, 1.54) is 0 Å². The molecule has 0 aromatic heterocycles. The Bertz CT molecular complexity index is 836. The smallest absolute Gasteiger partial charge is 0.207 e. The maximum Gasteiger partial charge on any atom is 0.244 e. The van der Waals surface area contributed by atoms with E-state index in [1.54, 1.807) is 28.2 Å². The topological polar surface area (TPSA) is 37.4 Å². The van der Waals surface area contributed by atoms with Crippen LogP contribution in [0.25, 0.3) is 0 Å². The Balaban J connectivity index is 2.04. The molecule has 6 heteroatoms. The molecule has 1 aliphatic rings. The molecule has 1 saturated heterocycles. The van der Waals surface area contributed by atoms with E-state index in [0.29, 0.717) is 16.5 Å². The van der Waals surface area contributed by atoms with Crippen molar-refractivity contribution in [3.8, 4) is 0 Å². The average molecular weight is 368 g/mol. The average Bonchev–Trinajstić information content (AvgIpc) is 2.97. The lowest BCUT2D eigenvalue weighted by molar-refractivity contribution is 0.434. The Morgan fingerprint density at radius 2 is 1.91 bits per heavy atom. The third-order valence-corrected chi connectivity index (χ3v) is 7.68. The zero-order valence-corrected chi connectivity index (χ0v) is 15.4. The molecule has 1 aliphatic heterocycles. The van der Waals surface area contributed by atoms with Crippen molar-refractivity contribution in [3.05, 3.63) is 64.2 Å². The van der Waals surface area contributed by atoms with Crippen molar-refractivity contribution in [3.63, 3.8) is 0 Å². The molecule has 23 heavy (non-hydrogen) atoms.